The zero-order valence-electron chi connectivity index (χ0n) is 11.7. The van der Waals surface area contributed by atoms with Gasteiger partial charge in [-0.25, -0.2) is 0 Å². The summed E-state index contributed by atoms with van der Waals surface area (Å²) < 4.78 is 0. The van der Waals surface area contributed by atoms with Crippen molar-refractivity contribution in [2.24, 2.45) is 17.6 Å². The number of rotatable bonds is 6. The summed E-state index contributed by atoms with van der Waals surface area (Å²) in [5.41, 5.74) is 5.97. The molecule has 0 radical (unpaired) electrons. The maximum atomic E-state index is 9.46. The van der Waals surface area contributed by atoms with Crippen LogP contribution in [0.3, 0.4) is 0 Å². The van der Waals surface area contributed by atoms with E-state index in [1.807, 2.05) is 0 Å². The Hall–Kier alpha value is -0.120. The first kappa shape index (κ1) is 14.9. The van der Waals surface area contributed by atoms with Gasteiger partial charge in [0, 0.05) is 24.7 Å². The summed E-state index contributed by atoms with van der Waals surface area (Å²) in [4.78, 5) is 0. The fourth-order valence-corrected chi connectivity index (χ4v) is 2.89. The van der Waals surface area contributed by atoms with Crippen LogP contribution in [0, 0.1) is 11.8 Å². The molecule has 0 aromatic heterocycles. The van der Waals surface area contributed by atoms with E-state index >= 15 is 0 Å². The van der Waals surface area contributed by atoms with Crippen LogP contribution in [0.15, 0.2) is 0 Å². The van der Waals surface area contributed by atoms with Gasteiger partial charge in [-0.05, 0) is 31.6 Å². The average molecular weight is 242 g/mol. The molecule has 1 rings (SSSR count). The molecule has 4 unspecified atom stereocenters. The maximum Gasteiger partial charge on any atom is 0.0474 e. The second kappa shape index (κ2) is 6.72. The molecule has 1 saturated carbocycles. The van der Waals surface area contributed by atoms with Crippen LogP contribution in [0.4, 0.5) is 0 Å². The third kappa shape index (κ3) is 3.67. The van der Waals surface area contributed by atoms with E-state index in [9.17, 15) is 5.11 Å². The van der Waals surface area contributed by atoms with Gasteiger partial charge in [0.05, 0.1) is 0 Å². The van der Waals surface area contributed by atoms with Crippen molar-refractivity contribution in [1.82, 2.24) is 5.32 Å². The SMILES string of the molecule is CCC(C)C(C)(CN)NC1CCCCC1CO. The van der Waals surface area contributed by atoms with E-state index in [1.165, 1.54) is 19.3 Å². The molecule has 4 N–H and O–H groups in total. The lowest BCUT2D eigenvalue weighted by Crippen LogP contribution is -2.59. The van der Waals surface area contributed by atoms with E-state index in [-0.39, 0.29) is 5.54 Å². The van der Waals surface area contributed by atoms with Crippen molar-refractivity contribution >= 4 is 0 Å². The first-order chi connectivity index (χ1) is 8.07. The normalized spacial score (nSPS) is 30.9. The zero-order valence-corrected chi connectivity index (χ0v) is 11.7. The molecule has 0 aliphatic heterocycles. The minimum atomic E-state index is 0.00414. The molecule has 0 heterocycles. The van der Waals surface area contributed by atoms with E-state index in [0.29, 0.717) is 31.0 Å². The summed E-state index contributed by atoms with van der Waals surface area (Å²) in [6, 6.07) is 0.441. The van der Waals surface area contributed by atoms with Crippen molar-refractivity contribution in [2.75, 3.05) is 13.2 Å². The topological polar surface area (TPSA) is 58.3 Å². The van der Waals surface area contributed by atoms with Crippen molar-refractivity contribution in [3.05, 3.63) is 0 Å². The standard InChI is InChI=1S/C14H30N2O/c1-4-11(2)14(3,10-15)16-13-8-6-5-7-12(13)9-17/h11-13,16-17H,4-10,15H2,1-3H3. The molecule has 4 atom stereocenters. The Labute approximate surface area is 106 Å². The molecule has 1 fully saturated rings. The third-order valence-corrected chi connectivity index (χ3v) is 4.78. The summed E-state index contributed by atoms with van der Waals surface area (Å²) in [5, 5.41) is 13.2. The van der Waals surface area contributed by atoms with E-state index in [2.05, 4.69) is 26.1 Å². The van der Waals surface area contributed by atoms with Crippen LogP contribution in [0.25, 0.3) is 0 Å². The zero-order chi connectivity index (χ0) is 12.9. The molecule has 17 heavy (non-hydrogen) atoms. The molecule has 0 saturated heterocycles. The number of hydrogen-bond acceptors (Lipinski definition) is 3. The monoisotopic (exact) mass is 242 g/mol. The first-order valence-electron chi connectivity index (χ1n) is 7.16. The van der Waals surface area contributed by atoms with Crippen molar-refractivity contribution in [3.63, 3.8) is 0 Å². The maximum absolute atomic E-state index is 9.46. The summed E-state index contributed by atoms with van der Waals surface area (Å²) in [6.07, 6.45) is 5.99. The summed E-state index contributed by atoms with van der Waals surface area (Å²) in [7, 11) is 0. The average Bonchev–Trinajstić information content (AvgIpc) is 2.38. The van der Waals surface area contributed by atoms with E-state index in [1.54, 1.807) is 0 Å². The molecule has 102 valence electrons. The van der Waals surface area contributed by atoms with Gasteiger partial charge in [-0.1, -0.05) is 33.1 Å². The number of aliphatic hydroxyl groups excluding tert-OH is 1. The van der Waals surface area contributed by atoms with Gasteiger partial charge in [-0.2, -0.15) is 0 Å². The second-order valence-corrected chi connectivity index (χ2v) is 5.91. The molecule has 0 amide bonds. The van der Waals surface area contributed by atoms with Crippen LogP contribution < -0.4 is 11.1 Å². The Morgan fingerprint density at radius 1 is 1.41 bits per heavy atom. The highest BCUT2D eigenvalue weighted by Crippen LogP contribution is 2.28. The summed E-state index contributed by atoms with van der Waals surface area (Å²) in [5.74, 6) is 0.979. The van der Waals surface area contributed by atoms with Crippen LogP contribution in [-0.2, 0) is 0 Å². The Morgan fingerprint density at radius 2 is 2.06 bits per heavy atom. The highest BCUT2D eigenvalue weighted by molar-refractivity contribution is 4.94. The van der Waals surface area contributed by atoms with E-state index < -0.39 is 0 Å². The minimum Gasteiger partial charge on any atom is -0.396 e. The lowest BCUT2D eigenvalue weighted by atomic mass is 9.79. The van der Waals surface area contributed by atoms with Crippen LogP contribution in [-0.4, -0.2) is 29.8 Å². The number of aliphatic hydroxyl groups is 1. The van der Waals surface area contributed by atoms with Gasteiger partial charge in [0.25, 0.3) is 0 Å². The number of nitrogens with one attached hydrogen (secondary N) is 1. The van der Waals surface area contributed by atoms with E-state index in [0.717, 1.165) is 12.8 Å². The lowest BCUT2D eigenvalue weighted by Gasteiger charge is -2.42. The van der Waals surface area contributed by atoms with Gasteiger partial charge < -0.3 is 16.2 Å². The Balaban J connectivity index is 2.65. The van der Waals surface area contributed by atoms with Gasteiger partial charge in [0.2, 0.25) is 0 Å². The highest BCUT2D eigenvalue weighted by atomic mass is 16.3. The highest BCUT2D eigenvalue weighted by Gasteiger charge is 2.34. The van der Waals surface area contributed by atoms with Crippen LogP contribution in [0.2, 0.25) is 0 Å². The predicted molar refractivity (Wildman–Crippen MR) is 72.9 cm³/mol. The van der Waals surface area contributed by atoms with Gasteiger partial charge in [0.15, 0.2) is 0 Å². The smallest absolute Gasteiger partial charge is 0.0474 e. The van der Waals surface area contributed by atoms with Crippen molar-refractivity contribution in [2.45, 2.75) is 64.5 Å². The Bertz CT molecular complexity index is 222. The molecule has 0 bridgehead atoms. The minimum absolute atomic E-state index is 0.00414. The Kier molecular flexibility index (Phi) is 5.90. The fraction of sp³-hybridized carbons (Fsp3) is 1.00. The number of nitrogens with two attached hydrogens (primary N) is 1. The summed E-state index contributed by atoms with van der Waals surface area (Å²) >= 11 is 0. The molecular formula is C14H30N2O. The van der Waals surface area contributed by atoms with Crippen molar-refractivity contribution in [1.29, 1.82) is 0 Å². The first-order valence-corrected chi connectivity index (χ1v) is 7.16. The molecule has 0 aromatic carbocycles. The largest absolute Gasteiger partial charge is 0.396 e. The van der Waals surface area contributed by atoms with Gasteiger partial charge in [-0.15, -0.1) is 0 Å². The van der Waals surface area contributed by atoms with Crippen LogP contribution >= 0.6 is 0 Å². The molecule has 1 aliphatic carbocycles. The molecule has 3 nitrogen and oxygen atoms in total. The quantitative estimate of drug-likeness (QED) is 0.666. The number of hydrogen-bond donors (Lipinski definition) is 3. The summed E-state index contributed by atoms with van der Waals surface area (Å²) in [6.45, 7) is 7.67. The fourth-order valence-electron chi connectivity index (χ4n) is 2.89. The van der Waals surface area contributed by atoms with Crippen LogP contribution in [0.1, 0.15) is 52.9 Å². The van der Waals surface area contributed by atoms with Crippen molar-refractivity contribution < 1.29 is 5.11 Å². The van der Waals surface area contributed by atoms with Gasteiger partial charge >= 0.3 is 0 Å². The predicted octanol–water partition coefficient (Wildman–Crippen LogP) is 1.89. The molecular weight excluding hydrogens is 212 g/mol. The third-order valence-electron chi connectivity index (χ3n) is 4.78. The molecule has 3 heteroatoms. The van der Waals surface area contributed by atoms with Gasteiger partial charge in [0.1, 0.15) is 0 Å². The lowest BCUT2D eigenvalue weighted by molar-refractivity contribution is 0.114. The molecule has 1 aliphatic rings. The van der Waals surface area contributed by atoms with Crippen LogP contribution in [0.5, 0.6) is 0 Å². The van der Waals surface area contributed by atoms with Crippen molar-refractivity contribution in [3.8, 4) is 0 Å². The second-order valence-electron chi connectivity index (χ2n) is 5.91. The molecule has 0 spiro atoms. The Morgan fingerprint density at radius 3 is 2.59 bits per heavy atom. The molecule has 0 aromatic rings. The van der Waals surface area contributed by atoms with Gasteiger partial charge in [-0.3, -0.25) is 0 Å². The van der Waals surface area contributed by atoms with E-state index in [4.69, 9.17) is 5.73 Å².